The number of nitrogens with zero attached hydrogens (tertiary/aromatic N) is 1. The number of hydrogen-bond donors (Lipinski definition) is 2. The maximum Gasteiger partial charge on any atom is 0.127 e. The Labute approximate surface area is 144 Å². The molecule has 2 unspecified atom stereocenters. The van der Waals surface area contributed by atoms with Crippen LogP contribution in [0.25, 0.3) is 10.8 Å². The summed E-state index contributed by atoms with van der Waals surface area (Å²) in [4.78, 5) is 2.36. The van der Waals surface area contributed by atoms with E-state index < -0.39 is 6.10 Å². The van der Waals surface area contributed by atoms with Gasteiger partial charge in [0.15, 0.2) is 0 Å². The number of hydrogen-bond acceptors (Lipinski definition) is 4. The fourth-order valence-corrected chi connectivity index (χ4v) is 3.44. The van der Waals surface area contributed by atoms with Gasteiger partial charge < -0.3 is 15.2 Å². The van der Waals surface area contributed by atoms with Gasteiger partial charge in [-0.05, 0) is 30.4 Å². The Morgan fingerprint density at radius 2 is 1.83 bits per heavy atom. The zero-order chi connectivity index (χ0) is 16.9. The topological polar surface area (TPSA) is 44.7 Å². The summed E-state index contributed by atoms with van der Waals surface area (Å²) < 4.78 is 5.88. The first-order chi connectivity index (χ1) is 11.7. The predicted octanol–water partition coefficient (Wildman–Crippen LogP) is 2.96. The SMILES string of the molecule is CCCOc1ccc(C(O)C(C)N2CCNCC2)c2ccccc12. The first-order valence-corrected chi connectivity index (χ1v) is 8.99. The molecule has 1 heterocycles. The fraction of sp³-hybridized carbons (Fsp3) is 0.500. The van der Waals surface area contributed by atoms with E-state index in [2.05, 4.69) is 36.2 Å². The minimum atomic E-state index is -0.506. The van der Waals surface area contributed by atoms with Crippen LogP contribution in [0, 0.1) is 0 Å². The third kappa shape index (κ3) is 3.56. The molecule has 0 saturated carbocycles. The Hall–Kier alpha value is -1.62. The van der Waals surface area contributed by atoms with Crippen molar-refractivity contribution in [2.24, 2.45) is 0 Å². The molecule has 4 heteroatoms. The van der Waals surface area contributed by atoms with Crippen molar-refractivity contribution in [2.75, 3.05) is 32.8 Å². The zero-order valence-electron chi connectivity index (χ0n) is 14.7. The number of fused-ring (bicyclic) bond motifs is 1. The highest BCUT2D eigenvalue weighted by Gasteiger charge is 2.25. The second-order valence-corrected chi connectivity index (χ2v) is 6.52. The van der Waals surface area contributed by atoms with Crippen molar-refractivity contribution >= 4 is 10.8 Å². The van der Waals surface area contributed by atoms with Gasteiger partial charge in [-0.2, -0.15) is 0 Å². The number of benzene rings is 2. The van der Waals surface area contributed by atoms with E-state index in [1.54, 1.807) is 0 Å². The highest BCUT2D eigenvalue weighted by molar-refractivity contribution is 5.91. The van der Waals surface area contributed by atoms with E-state index in [9.17, 15) is 5.11 Å². The molecule has 1 fully saturated rings. The largest absolute Gasteiger partial charge is 0.493 e. The average molecular weight is 328 g/mol. The molecular weight excluding hydrogens is 300 g/mol. The summed E-state index contributed by atoms with van der Waals surface area (Å²) in [5.41, 5.74) is 0.987. The van der Waals surface area contributed by atoms with Crippen molar-refractivity contribution < 1.29 is 9.84 Å². The van der Waals surface area contributed by atoms with Gasteiger partial charge in [0.05, 0.1) is 12.7 Å². The Bertz CT molecular complexity index is 668. The normalized spacial score (nSPS) is 18.5. The van der Waals surface area contributed by atoms with Gasteiger partial charge >= 0.3 is 0 Å². The third-order valence-electron chi connectivity index (χ3n) is 4.88. The Balaban J connectivity index is 1.91. The lowest BCUT2D eigenvalue weighted by molar-refractivity contribution is 0.0519. The quantitative estimate of drug-likeness (QED) is 0.856. The molecule has 2 atom stereocenters. The summed E-state index contributed by atoms with van der Waals surface area (Å²) >= 11 is 0. The van der Waals surface area contributed by atoms with Crippen LogP contribution in [0.15, 0.2) is 36.4 Å². The molecule has 0 aliphatic carbocycles. The molecule has 1 aliphatic heterocycles. The average Bonchev–Trinajstić information content (AvgIpc) is 2.65. The van der Waals surface area contributed by atoms with Crippen LogP contribution in [0.2, 0.25) is 0 Å². The van der Waals surface area contributed by atoms with Gasteiger partial charge in [-0.3, -0.25) is 4.90 Å². The lowest BCUT2D eigenvalue weighted by Crippen LogP contribution is -2.49. The predicted molar refractivity (Wildman–Crippen MR) is 98.6 cm³/mol. The van der Waals surface area contributed by atoms with E-state index in [1.165, 1.54) is 0 Å². The molecule has 0 aromatic heterocycles. The smallest absolute Gasteiger partial charge is 0.127 e. The van der Waals surface area contributed by atoms with Crippen LogP contribution in [0.4, 0.5) is 0 Å². The van der Waals surface area contributed by atoms with E-state index in [0.29, 0.717) is 6.61 Å². The summed E-state index contributed by atoms with van der Waals surface area (Å²) in [6, 6.07) is 12.3. The van der Waals surface area contributed by atoms with Crippen LogP contribution >= 0.6 is 0 Å². The van der Waals surface area contributed by atoms with Crippen molar-refractivity contribution in [3.05, 3.63) is 42.0 Å². The Kier molecular flexibility index (Phi) is 5.72. The van der Waals surface area contributed by atoms with Gasteiger partial charge in [0.25, 0.3) is 0 Å². The molecule has 24 heavy (non-hydrogen) atoms. The number of aliphatic hydroxyl groups excluding tert-OH is 1. The summed E-state index contributed by atoms with van der Waals surface area (Å²) in [5.74, 6) is 0.901. The molecule has 0 amide bonds. The van der Waals surface area contributed by atoms with Gasteiger partial charge in [-0.15, -0.1) is 0 Å². The van der Waals surface area contributed by atoms with Gasteiger partial charge in [0.2, 0.25) is 0 Å². The highest BCUT2D eigenvalue weighted by Crippen LogP contribution is 2.34. The standard InChI is InChI=1S/C20H28N2O2/c1-3-14-24-19-9-8-18(16-6-4-5-7-17(16)19)20(23)15(2)22-12-10-21-11-13-22/h4-9,15,20-21,23H,3,10-14H2,1-2H3. The molecule has 130 valence electrons. The van der Waals surface area contributed by atoms with Crippen LogP contribution in [0.3, 0.4) is 0 Å². The number of piperazine rings is 1. The molecule has 0 spiro atoms. The molecule has 2 N–H and O–H groups in total. The van der Waals surface area contributed by atoms with Crippen molar-refractivity contribution in [1.82, 2.24) is 10.2 Å². The van der Waals surface area contributed by atoms with Crippen LogP contribution in [0.1, 0.15) is 31.9 Å². The van der Waals surface area contributed by atoms with Crippen LogP contribution in [0.5, 0.6) is 5.75 Å². The van der Waals surface area contributed by atoms with E-state index in [-0.39, 0.29) is 6.04 Å². The molecule has 0 bridgehead atoms. The first kappa shape index (κ1) is 17.2. The Morgan fingerprint density at radius 1 is 1.12 bits per heavy atom. The third-order valence-corrected chi connectivity index (χ3v) is 4.88. The van der Waals surface area contributed by atoms with E-state index in [1.807, 2.05) is 24.3 Å². The van der Waals surface area contributed by atoms with Gasteiger partial charge in [-0.1, -0.05) is 37.3 Å². The molecule has 1 saturated heterocycles. The summed E-state index contributed by atoms with van der Waals surface area (Å²) in [6.07, 6.45) is 0.479. The molecule has 4 nitrogen and oxygen atoms in total. The van der Waals surface area contributed by atoms with E-state index >= 15 is 0 Å². The number of aliphatic hydroxyl groups is 1. The maximum absolute atomic E-state index is 11.0. The molecule has 2 aromatic carbocycles. The van der Waals surface area contributed by atoms with Gasteiger partial charge in [0.1, 0.15) is 5.75 Å². The van der Waals surface area contributed by atoms with Crippen molar-refractivity contribution in [2.45, 2.75) is 32.4 Å². The van der Waals surface area contributed by atoms with Crippen molar-refractivity contribution in [3.63, 3.8) is 0 Å². The van der Waals surface area contributed by atoms with Gasteiger partial charge in [0, 0.05) is 37.6 Å². The van der Waals surface area contributed by atoms with Crippen LogP contribution in [-0.2, 0) is 0 Å². The minimum Gasteiger partial charge on any atom is -0.493 e. The summed E-state index contributed by atoms with van der Waals surface area (Å²) in [6.45, 7) is 8.87. The monoisotopic (exact) mass is 328 g/mol. The van der Waals surface area contributed by atoms with E-state index in [0.717, 1.165) is 54.7 Å². The van der Waals surface area contributed by atoms with Gasteiger partial charge in [-0.25, -0.2) is 0 Å². The number of ether oxygens (including phenoxy) is 1. The molecule has 3 rings (SSSR count). The van der Waals surface area contributed by atoms with E-state index in [4.69, 9.17) is 4.74 Å². The number of nitrogens with one attached hydrogen (secondary N) is 1. The summed E-state index contributed by atoms with van der Waals surface area (Å²) in [7, 11) is 0. The van der Waals surface area contributed by atoms with Crippen molar-refractivity contribution in [3.8, 4) is 5.75 Å². The molecule has 1 aliphatic rings. The van der Waals surface area contributed by atoms with Crippen LogP contribution in [-0.4, -0.2) is 48.8 Å². The first-order valence-electron chi connectivity index (χ1n) is 8.99. The lowest BCUT2D eigenvalue weighted by Gasteiger charge is -2.35. The Morgan fingerprint density at radius 3 is 2.54 bits per heavy atom. The molecule has 0 radical (unpaired) electrons. The highest BCUT2D eigenvalue weighted by atomic mass is 16.5. The second kappa shape index (κ2) is 7.97. The second-order valence-electron chi connectivity index (χ2n) is 6.52. The lowest BCUT2D eigenvalue weighted by atomic mass is 9.95. The molecule has 2 aromatic rings. The van der Waals surface area contributed by atoms with Crippen LogP contribution < -0.4 is 10.1 Å². The summed E-state index contributed by atoms with van der Waals surface area (Å²) in [5, 5.41) is 16.5. The van der Waals surface area contributed by atoms with Crippen molar-refractivity contribution in [1.29, 1.82) is 0 Å². The molecular formula is C20H28N2O2. The maximum atomic E-state index is 11.0. The minimum absolute atomic E-state index is 0.0953. The zero-order valence-corrected chi connectivity index (χ0v) is 14.7. The fourth-order valence-electron chi connectivity index (χ4n) is 3.44. The number of rotatable bonds is 6.